The lowest BCUT2D eigenvalue weighted by Crippen LogP contribution is -1.89. The monoisotopic (exact) mass is 244 g/mol. The number of hydrogen-bond acceptors (Lipinski definition) is 5. The predicted octanol–water partition coefficient (Wildman–Crippen LogP) is 2.42. The van der Waals surface area contributed by atoms with Crippen LogP contribution in [0.25, 0.3) is 11.3 Å². The summed E-state index contributed by atoms with van der Waals surface area (Å²) in [4.78, 5) is 0. The third-order valence-electron chi connectivity index (χ3n) is 2.55. The summed E-state index contributed by atoms with van der Waals surface area (Å²) in [6, 6.07) is 8.84. The highest BCUT2D eigenvalue weighted by Crippen LogP contribution is 2.36. The fraction of sp³-hybridized carbons (Fsp3) is 0.154. The molecule has 2 rings (SSSR count). The van der Waals surface area contributed by atoms with Crippen molar-refractivity contribution in [1.29, 1.82) is 5.26 Å². The number of nitrogens with zero attached hydrogens (tertiary/aromatic N) is 1. The fourth-order valence-corrected chi connectivity index (χ4v) is 1.63. The molecule has 2 aromatic rings. The quantitative estimate of drug-likeness (QED) is 0.896. The molecule has 1 aromatic heterocycles. The highest BCUT2D eigenvalue weighted by Gasteiger charge is 2.14. The lowest BCUT2D eigenvalue weighted by molar-refractivity contribution is 0.403. The summed E-state index contributed by atoms with van der Waals surface area (Å²) >= 11 is 0. The zero-order valence-electron chi connectivity index (χ0n) is 10.1. The first-order valence-electron chi connectivity index (χ1n) is 5.21. The van der Waals surface area contributed by atoms with Crippen molar-refractivity contribution in [1.82, 2.24) is 0 Å². The smallest absolute Gasteiger partial charge is 0.208 e. The van der Waals surface area contributed by atoms with Gasteiger partial charge in [-0.15, -0.1) is 0 Å². The summed E-state index contributed by atoms with van der Waals surface area (Å²) < 4.78 is 15.7. The molecule has 1 heterocycles. The maximum Gasteiger partial charge on any atom is 0.208 e. The van der Waals surface area contributed by atoms with Crippen LogP contribution in [-0.4, -0.2) is 14.2 Å². The van der Waals surface area contributed by atoms with Crippen LogP contribution in [0.15, 0.2) is 28.7 Å². The van der Waals surface area contributed by atoms with Gasteiger partial charge >= 0.3 is 0 Å². The lowest BCUT2D eigenvalue weighted by atomic mass is 10.1. The minimum absolute atomic E-state index is 0.0948. The molecule has 0 unspecified atom stereocenters. The van der Waals surface area contributed by atoms with Crippen LogP contribution in [0.1, 0.15) is 5.56 Å². The topological polar surface area (TPSA) is 81.4 Å². The highest BCUT2D eigenvalue weighted by atomic mass is 16.5. The minimum Gasteiger partial charge on any atom is -0.497 e. The Labute approximate surface area is 104 Å². The number of nitriles is 1. The molecular formula is C13H12N2O3. The minimum atomic E-state index is 0.0948. The van der Waals surface area contributed by atoms with Gasteiger partial charge in [-0.05, 0) is 18.2 Å². The van der Waals surface area contributed by atoms with E-state index in [1.807, 2.05) is 6.07 Å². The summed E-state index contributed by atoms with van der Waals surface area (Å²) in [6.07, 6.45) is 0. The van der Waals surface area contributed by atoms with E-state index in [1.165, 1.54) is 0 Å². The Morgan fingerprint density at radius 1 is 1.22 bits per heavy atom. The van der Waals surface area contributed by atoms with E-state index in [0.717, 1.165) is 0 Å². The third-order valence-corrected chi connectivity index (χ3v) is 2.55. The van der Waals surface area contributed by atoms with E-state index in [1.54, 1.807) is 38.5 Å². The molecule has 0 radical (unpaired) electrons. The van der Waals surface area contributed by atoms with Crippen molar-refractivity contribution in [2.45, 2.75) is 0 Å². The van der Waals surface area contributed by atoms with Gasteiger partial charge in [-0.2, -0.15) is 5.26 Å². The van der Waals surface area contributed by atoms with E-state index in [4.69, 9.17) is 24.9 Å². The maximum atomic E-state index is 8.86. The van der Waals surface area contributed by atoms with Gasteiger partial charge in [0.05, 0.1) is 19.8 Å². The molecule has 2 N–H and O–H groups in total. The molecule has 0 atom stereocenters. The van der Waals surface area contributed by atoms with Crippen molar-refractivity contribution in [2.24, 2.45) is 0 Å². The predicted molar refractivity (Wildman–Crippen MR) is 66.4 cm³/mol. The van der Waals surface area contributed by atoms with Crippen molar-refractivity contribution in [3.8, 4) is 28.9 Å². The standard InChI is InChI=1S/C13H12N2O3/c1-16-9-3-4-11(17-2)10(6-9)12-5-8(7-14)13(15)18-12/h3-6H,15H2,1-2H3. The second-order valence-electron chi connectivity index (χ2n) is 3.57. The average Bonchev–Trinajstić information content (AvgIpc) is 2.79. The van der Waals surface area contributed by atoms with Crippen LogP contribution in [0.4, 0.5) is 5.88 Å². The van der Waals surface area contributed by atoms with Gasteiger partial charge < -0.3 is 19.6 Å². The Morgan fingerprint density at radius 2 is 2.00 bits per heavy atom. The lowest BCUT2D eigenvalue weighted by Gasteiger charge is -2.08. The van der Waals surface area contributed by atoms with Crippen molar-refractivity contribution in [3.63, 3.8) is 0 Å². The molecule has 5 heteroatoms. The third kappa shape index (κ3) is 1.96. The Morgan fingerprint density at radius 3 is 2.56 bits per heavy atom. The molecule has 0 aliphatic rings. The zero-order valence-corrected chi connectivity index (χ0v) is 10.1. The van der Waals surface area contributed by atoms with Crippen molar-refractivity contribution < 1.29 is 13.9 Å². The summed E-state index contributed by atoms with van der Waals surface area (Å²) in [7, 11) is 3.13. The van der Waals surface area contributed by atoms with E-state index in [9.17, 15) is 0 Å². The van der Waals surface area contributed by atoms with E-state index in [0.29, 0.717) is 28.4 Å². The van der Waals surface area contributed by atoms with Gasteiger partial charge in [-0.25, -0.2) is 0 Å². The summed E-state index contributed by atoms with van der Waals surface area (Å²) in [6.45, 7) is 0. The molecule has 1 aromatic carbocycles. The van der Waals surface area contributed by atoms with Crippen molar-refractivity contribution >= 4 is 5.88 Å². The Kier molecular flexibility index (Phi) is 3.11. The first-order chi connectivity index (χ1) is 8.69. The molecule has 0 amide bonds. The SMILES string of the molecule is COc1ccc(OC)c(-c2cc(C#N)c(N)o2)c1. The van der Waals surface area contributed by atoms with Gasteiger partial charge in [0.1, 0.15) is 28.9 Å². The van der Waals surface area contributed by atoms with E-state index in [-0.39, 0.29) is 5.88 Å². The molecule has 0 aliphatic carbocycles. The zero-order chi connectivity index (χ0) is 13.1. The number of hydrogen-bond donors (Lipinski definition) is 1. The molecule has 92 valence electrons. The van der Waals surface area contributed by atoms with E-state index < -0.39 is 0 Å². The van der Waals surface area contributed by atoms with E-state index in [2.05, 4.69) is 0 Å². The molecular weight excluding hydrogens is 232 g/mol. The summed E-state index contributed by atoms with van der Waals surface area (Å²) in [5, 5.41) is 8.86. The number of rotatable bonds is 3. The number of nitrogen functional groups attached to an aromatic ring is 1. The van der Waals surface area contributed by atoms with Crippen LogP contribution in [0, 0.1) is 11.3 Å². The molecule has 0 saturated heterocycles. The largest absolute Gasteiger partial charge is 0.497 e. The number of nitrogens with two attached hydrogens (primary N) is 1. The normalized spacial score (nSPS) is 9.83. The summed E-state index contributed by atoms with van der Waals surface area (Å²) in [5.41, 5.74) is 6.58. The first-order valence-corrected chi connectivity index (χ1v) is 5.21. The number of furan rings is 1. The Bertz CT molecular complexity index is 611. The second-order valence-corrected chi connectivity index (χ2v) is 3.57. The van der Waals surface area contributed by atoms with Crippen LogP contribution in [0.3, 0.4) is 0 Å². The first kappa shape index (κ1) is 11.9. The molecule has 0 bridgehead atoms. The fourth-order valence-electron chi connectivity index (χ4n) is 1.63. The maximum absolute atomic E-state index is 8.86. The molecule has 0 fully saturated rings. The molecule has 18 heavy (non-hydrogen) atoms. The van der Waals surface area contributed by atoms with Gasteiger partial charge in [0.2, 0.25) is 5.88 Å². The van der Waals surface area contributed by atoms with Crippen LogP contribution in [0.5, 0.6) is 11.5 Å². The molecule has 0 saturated carbocycles. The molecule has 5 nitrogen and oxygen atoms in total. The van der Waals surface area contributed by atoms with Crippen LogP contribution >= 0.6 is 0 Å². The number of ether oxygens (including phenoxy) is 2. The van der Waals surface area contributed by atoms with Crippen molar-refractivity contribution in [2.75, 3.05) is 20.0 Å². The summed E-state index contributed by atoms with van der Waals surface area (Å²) in [5.74, 6) is 1.85. The van der Waals surface area contributed by atoms with Gasteiger partial charge in [0.15, 0.2) is 0 Å². The van der Waals surface area contributed by atoms with Crippen LogP contribution in [0.2, 0.25) is 0 Å². The molecule has 0 aliphatic heterocycles. The average molecular weight is 244 g/mol. The van der Waals surface area contributed by atoms with Gasteiger partial charge in [0.25, 0.3) is 0 Å². The Hall–Kier alpha value is -2.61. The van der Waals surface area contributed by atoms with Crippen molar-refractivity contribution in [3.05, 3.63) is 29.8 Å². The second kappa shape index (κ2) is 4.72. The number of anilines is 1. The highest BCUT2D eigenvalue weighted by molar-refractivity contribution is 5.71. The van der Waals surface area contributed by atoms with Gasteiger partial charge in [0, 0.05) is 6.07 Å². The van der Waals surface area contributed by atoms with Crippen LogP contribution < -0.4 is 15.2 Å². The van der Waals surface area contributed by atoms with Gasteiger partial charge in [-0.1, -0.05) is 0 Å². The van der Waals surface area contributed by atoms with E-state index >= 15 is 0 Å². The number of methoxy groups -OCH3 is 2. The van der Waals surface area contributed by atoms with Crippen LogP contribution in [-0.2, 0) is 0 Å². The number of benzene rings is 1. The Balaban J connectivity index is 2.57. The molecule has 0 spiro atoms. The van der Waals surface area contributed by atoms with Gasteiger partial charge in [-0.3, -0.25) is 0 Å².